The molecule has 1 fully saturated rings. The zero-order valence-electron chi connectivity index (χ0n) is 9.03. The van der Waals surface area contributed by atoms with Crippen molar-refractivity contribution in [3.05, 3.63) is 0 Å². The molecule has 1 unspecified atom stereocenters. The summed E-state index contributed by atoms with van der Waals surface area (Å²) in [6.45, 7) is 2.02. The van der Waals surface area contributed by atoms with Crippen molar-refractivity contribution in [2.24, 2.45) is 11.8 Å². The van der Waals surface area contributed by atoms with E-state index in [0.29, 0.717) is 6.42 Å². The van der Waals surface area contributed by atoms with Gasteiger partial charge in [-0.25, -0.2) is 0 Å². The minimum atomic E-state index is -0.854. The third-order valence-electron chi connectivity index (χ3n) is 2.65. The zero-order valence-corrected chi connectivity index (χ0v) is 9.84. The fraction of sp³-hybridized carbons (Fsp3) is 0.800. The van der Waals surface area contributed by atoms with Gasteiger partial charge in [-0.2, -0.15) is 11.8 Å². The number of nitrogens with one attached hydrogen (secondary N) is 1. The van der Waals surface area contributed by atoms with E-state index in [2.05, 4.69) is 5.32 Å². The van der Waals surface area contributed by atoms with Crippen LogP contribution in [0.25, 0.3) is 0 Å². The van der Waals surface area contributed by atoms with Gasteiger partial charge in [-0.1, -0.05) is 6.92 Å². The number of carboxylic acids is 1. The molecule has 2 N–H and O–H groups in total. The average Bonchev–Trinajstić information content (AvgIpc) is 2.96. The van der Waals surface area contributed by atoms with Crippen LogP contribution in [0.4, 0.5) is 0 Å². The van der Waals surface area contributed by atoms with Crippen LogP contribution in [0, 0.1) is 11.8 Å². The summed E-state index contributed by atoms with van der Waals surface area (Å²) in [6, 6.07) is 0.169. The first-order valence-corrected chi connectivity index (χ1v) is 6.51. The van der Waals surface area contributed by atoms with Gasteiger partial charge in [0, 0.05) is 11.8 Å². The molecule has 0 aromatic heterocycles. The third-order valence-corrected chi connectivity index (χ3v) is 3.39. The Balaban J connectivity index is 2.33. The van der Waals surface area contributed by atoms with Crippen molar-refractivity contribution in [1.82, 2.24) is 5.32 Å². The van der Waals surface area contributed by atoms with Crippen LogP contribution in [0.1, 0.15) is 19.8 Å². The number of hydrogen-bond acceptors (Lipinski definition) is 3. The molecule has 0 heterocycles. The van der Waals surface area contributed by atoms with Crippen molar-refractivity contribution in [2.45, 2.75) is 25.8 Å². The second-order valence-electron chi connectivity index (χ2n) is 3.86. The van der Waals surface area contributed by atoms with Crippen molar-refractivity contribution < 1.29 is 14.7 Å². The van der Waals surface area contributed by atoms with E-state index in [1.807, 2.05) is 13.2 Å². The Morgan fingerprint density at radius 2 is 2.20 bits per heavy atom. The predicted molar refractivity (Wildman–Crippen MR) is 59.8 cm³/mol. The van der Waals surface area contributed by atoms with E-state index in [1.165, 1.54) is 0 Å². The largest absolute Gasteiger partial charge is 0.481 e. The highest BCUT2D eigenvalue weighted by Crippen LogP contribution is 2.38. The minimum Gasteiger partial charge on any atom is -0.481 e. The van der Waals surface area contributed by atoms with Crippen LogP contribution in [0.2, 0.25) is 0 Å². The lowest BCUT2D eigenvalue weighted by Gasteiger charge is -2.15. The van der Waals surface area contributed by atoms with Crippen LogP contribution < -0.4 is 5.32 Å². The maximum absolute atomic E-state index is 11.6. The van der Waals surface area contributed by atoms with E-state index in [-0.39, 0.29) is 17.9 Å². The van der Waals surface area contributed by atoms with Crippen molar-refractivity contribution in [3.63, 3.8) is 0 Å². The molecule has 1 aliphatic carbocycles. The molecule has 0 aliphatic heterocycles. The molecular formula is C10H17NO3S. The Kier molecular flexibility index (Phi) is 4.45. The molecule has 1 rings (SSSR count). The van der Waals surface area contributed by atoms with Crippen LogP contribution in [0.15, 0.2) is 0 Å². The molecular weight excluding hydrogens is 214 g/mol. The average molecular weight is 231 g/mol. The SMILES string of the molecule is CCC(CSC)NC(=O)[C@@H]1C[C@@H]1C(=O)O. The lowest BCUT2D eigenvalue weighted by molar-refractivity contribution is -0.140. The molecule has 0 bridgehead atoms. The summed E-state index contributed by atoms with van der Waals surface area (Å²) in [7, 11) is 0. The normalized spacial score (nSPS) is 25.7. The summed E-state index contributed by atoms with van der Waals surface area (Å²) in [5.74, 6) is -0.807. The molecule has 5 heteroatoms. The second-order valence-corrected chi connectivity index (χ2v) is 4.77. The smallest absolute Gasteiger partial charge is 0.307 e. The molecule has 1 amide bonds. The first-order chi connectivity index (χ1) is 7.10. The molecule has 3 atom stereocenters. The van der Waals surface area contributed by atoms with Gasteiger partial charge in [-0.3, -0.25) is 9.59 Å². The van der Waals surface area contributed by atoms with Crippen LogP contribution >= 0.6 is 11.8 Å². The Morgan fingerprint density at radius 1 is 1.53 bits per heavy atom. The molecule has 0 spiro atoms. The van der Waals surface area contributed by atoms with Gasteiger partial charge in [0.1, 0.15) is 0 Å². The predicted octanol–water partition coefficient (Wildman–Crippen LogP) is 0.965. The lowest BCUT2D eigenvalue weighted by Crippen LogP contribution is -2.37. The van der Waals surface area contributed by atoms with Gasteiger partial charge < -0.3 is 10.4 Å². The van der Waals surface area contributed by atoms with Crippen molar-refractivity contribution in [3.8, 4) is 0 Å². The number of carbonyl (C=O) groups is 2. The van der Waals surface area contributed by atoms with E-state index in [1.54, 1.807) is 11.8 Å². The highest BCUT2D eigenvalue weighted by molar-refractivity contribution is 7.98. The maximum Gasteiger partial charge on any atom is 0.307 e. The topological polar surface area (TPSA) is 66.4 Å². The zero-order chi connectivity index (χ0) is 11.4. The lowest BCUT2D eigenvalue weighted by atomic mass is 10.2. The number of hydrogen-bond donors (Lipinski definition) is 2. The summed E-state index contributed by atoms with van der Waals surface area (Å²) in [5.41, 5.74) is 0. The first kappa shape index (κ1) is 12.4. The van der Waals surface area contributed by atoms with Crippen LogP contribution in [-0.4, -0.2) is 35.0 Å². The molecule has 0 aromatic rings. The van der Waals surface area contributed by atoms with E-state index in [9.17, 15) is 9.59 Å². The van der Waals surface area contributed by atoms with Crippen LogP contribution in [0.5, 0.6) is 0 Å². The van der Waals surface area contributed by atoms with Crippen molar-refractivity contribution in [1.29, 1.82) is 0 Å². The summed E-state index contributed by atoms with van der Waals surface area (Å²) in [4.78, 5) is 22.2. The number of carboxylic acid groups (broad SMARTS) is 1. The number of carbonyl (C=O) groups excluding carboxylic acids is 1. The number of amides is 1. The fourth-order valence-electron chi connectivity index (χ4n) is 1.53. The first-order valence-electron chi connectivity index (χ1n) is 5.12. The standard InChI is InChI=1S/C10H17NO3S/c1-3-6(5-15-2)11-9(12)7-4-8(7)10(13)14/h6-8H,3-5H2,1-2H3,(H,11,12)(H,13,14)/t6?,7-,8+/m1/s1. The highest BCUT2D eigenvalue weighted by Gasteiger charge is 2.48. The molecule has 0 saturated heterocycles. The van der Waals surface area contributed by atoms with Crippen molar-refractivity contribution in [2.75, 3.05) is 12.0 Å². The van der Waals surface area contributed by atoms with E-state index in [0.717, 1.165) is 12.2 Å². The quantitative estimate of drug-likeness (QED) is 0.714. The minimum absolute atomic E-state index is 0.0942. The molecule has 1 saturated carbocycles. The van der Waals surface area contributed by atoms with E-state index in [4.69, 9.17) is 5.11 Å². The van der Waals surface area contributed by atoms with E-state index >= 15 is 0 Å². The van der Waals surface area contributed by atoms with Gasteiger partial charge in [-0.05, 0) is 19.1 Å². The van der Waals surface area contributed by atoms with Gasteiger partial charge in [0.2, 0.25) is 5.91 Å². The van der Waals surface area contributed by atoms with Gasteiger partial charge in [-0.15, -0.1) is 0 Å². The molecule has 4 nitrogen and oxygen atoms in total. The fourth-order valence-corrected chi connectivity index (χ4v) is 2.25. The monoisotopic (exact) mass is 231 g/mol. The Hall–Kier alpha value is -0.710. The Bertz CT molecular complexity index is 257. The van der Waals surface area contributed by atoms with Crippen molar-refractivity contribution >= 4 is 23.6 Å². The summed E-state index contributed by atoms with van der Waals surface area (Å²) in [6.07, 6.45) is 3.37. The summed E-state index contributed by atoms with van der Waals surface area (Å²) >= 11 is 1.68. The Morgan fingerprint density at radius 3 is 2.60 bits per heavy atom. The summed E-state index contributed by atoms with van der Waals surface area (Å²) in [5, 5.41) is 11.6. The van der Waals surface area contributed by atoms with Gasteiger partial charge in [0.05, 0.1) is 11.8 Å². The Labute approximate surface area is 93.8 Å². The van der Waals surface area contributed by atoms with Crippen LogP contribution in [-0.2, 0) is 9.59 Å². The number of thioether (sulfide) groups is 1. The number of aliphatic carboxylic acids is 1. The molecule has 0 radical (unpaired) electrons. The van der Waals surface area contributed by atoms with Gasteiger partial charge in [0.25, 0.3) is 0 Å². The molecule has 86 valence electrons. The van der Waals surface area contributed by atoms with Gasteiger partial charge in [0.15, 0.2) is 0 Å². The number of rotatable bonds is 6. The molecule has 1 aliphatic rings. The maximum atomic E-state index is 11.6. The van der Waals surface area contributed by atoms with E-state index < -0.39 is 11.9 Å². The summed E-state index contributed by atoms with van der Waals surface area (Å²) < 4.78 is 0. The second kappa shape index (κ2) is 5.39. The van der Waals surface area contributed by atoms with Gasteiger partial charge >= 0.3 is 5.97 Å². The molecule has 15 heavy (non-hydrogen) atoms. The van der Waals surface area contributed by atoms with Crippen LogP contribution in [0.3, 0.4) is 0 Å². The third kappa shape index (κ3) is 3.41. The molecule has 0 aromatic carbocycles. The highest BCUT2D eigenvalue weighted by atomic mass is 32.2.